The fraction of sp³-hybridized carbons (Fsp3) is 0.321. The van der Waals surface area contributed by atoms with E-state index in [-0.39, 0.29) is 12.2 Å². The zero-order chi connectivity index (χ0) is 26.2. The number of piperazine rings is 1. The van der Waals surface area contributed by atoms with Gasteiger partial charge in [0.1, 0.15) is 12.4 Å². The summed E-state index contributed by atoms with van der Waals surface area (Å²) in [5.74, 6) is -1.35. The molecule has 5 nitrogen and oxygen atoms in total. The summed E-state index contributed by atoms with van der Waals surface area (Å²) >= 11 is 0. The van der Waals surface area contributed by atoms with Gasteiger partial charge in [-0.1, -0.05) is 30.3 Å². The molecule has 0 unspecified atom stereocenters. The number of nitrogens with zero attached hydrogens (tertiary/aromatic N) is 3. The first-order chi connectivity index (χ1) is 17.7. The minimum atomic E-state index is -4.81. The Balaban J connectivity index is 1.18. The van der Waals surface area contributed by atoms with Crippen molar-refractivity contribution in [3.05, 3.63) is 83.2 Å². The summed E-state index contributed by atoms with van der Waals surface area (Å²) < 4.78 is 59.7. The van der Waals surface area contributed by atoms with E-state index >= 15 is 0 Å². The van der Waals surface area contributed by atoms with E-state index in [1.165, 1.54) is 33.4 Å². The van der Waals surface area contributed by atoms with Crippen molar-refractivity contribution in [2.75, 3.05) is 26.2 Å². The molecule has 2 heterocycles. The Morgan fingerprint density at radius 2 is 1.59 bits per heavy atom. The molecule has 3 aromatic carbocycles. The van der Waals surface area contributed by atoms with Gasteiger partial charge in [-0.15, -0.1) is 0 Å². The second-order valence-corrected chi connectivity index (χ2v) is 9.24. The van der Waals surface area contributed by atoms with Gasteiger partial charge in [0.25, 0.3) is 0 Å². The number of aromatic nitrogens is 1. The lowest BCUT2D eigenvalue weighted by molar-refractivity contribution is -0.140. The quantitative estimate of drug-likeness (QED) is 0.289. The number of benzene rings is 3. The number of alkyl halides is 3. The van der Waals surface area contributed by atoms with E-state index in [1.807, 2.05) is 0 Å². The van der Waals surface area contributed by atoms with Gasteiger partial charge in [-0.3, -0.25) is 4.90 Å². The van der Waals surface area contributed by atoms with Gasteiger partial charge in [-0.2, -0.15) is 13.2 Å². The molecule has 1 fully saturated rings. The molecule has 1 amide bonds. The minimum absolute atomic E-state index is 0.0838. The first-order valence-corrected chi connectivity index (χ1v) is 12.2. The minimum Gasteiger partial charge on any atom is -0.445 e. The van der Waals surface area contributed by atoms with Crippen LogP contribution in [0.4, 0.5) is 22.4 Å². The standard InChI is InChI=1S/C28H27F4N3O2/c1-2-35-25-6-4-3-5-21(25)22-15-19(8-10-26(22)35)17-33-11-13-34(14-12-33)27(36)37-18-20-7-9-24(29)23(16-20)28(30,31)32/h3-10,15-16H,2,11-14,17-18H2,1H3. The molecule has 0 spiro atoms. The molecule has 37 heavy (non-hydrogen) atoms. The molecule has 194 valence electrons. The summed E-state index contributed by atoms with van der Waals surface area (Å²) in [4.78, 5) is 16.3. The molecule has 1 aliphatic rings. The van der Waals surface area contributed by atoms with Crippen molar-refractivity contribution in [3.8, 4) is 0 Å². The van der Waals surface area contributed by atoms with Crippen molar-refractivity contribution >= 4 is 27.9 Å². The van der Waals surface area contributed by atoms with E-state index < -0.39 is 23.7 Å². The zero-order valence-electron chi connectivity index (χ0n) is 20.4. The van der Waals surface area contributed by atoms with Crippen LogP contribution in [0.15, 0.2) is 60.7 Å². The van der Waals surface area contributed by atoms with Crippen LogP contribution in [0.1, 0.15) is 23.6 Å². The molecule has 1 saturated heterocycles. The van der Waals surface area contributed by atoms with Gasteiger partial charge >= 0.3 is 12.3 Å². The Labute approximate surface area is 211 Å². The third kappa shape index (κ3) is 5.13. The van der Waals surface area contributed by atoms with Gasteiger partial charge < -0.3 is 14.2 Å². The molecule has 1 aliphatic heterocycles. The fourth-order valence-electron chi connectivity index (χ4n) is 5.00. The number of para-hydroxylation sites is 1. The topological polar surface area (TPSA) is 37.7 Å². The Morgan fingerprint density at radius 3 is 2.32 bits per heavy atom. The monoisotopic (exact) mass is 513 g/mol. The maximum atomic E-state index is 13.5. The number of carbonyl (C=O) groups is 1. The third-order valence-electron chi connectivity index (χ3n) is 6.89. The molecule has 5 rings (SSSR count). The van der Waals surface area contributed by atoms with Crippen LogP contribution >= 0.6 is 0 Å². The lowest BCUT2D eigenvalue weighted by Gasteiger charge is -2.34. The van der Waals surface area contributed by atoms with E-state index in [9.17, 15) is 22.4 Å². The Hall–Kier alpha value is -3.59. The summed E-state index contributed by atoms with van der Waals surface area (Å²) in [6.45, 7) is 5.64. The second kappa shape index (κ2) is 10.0. The van der Waals surface area contributed by atoms with Crippen molar-refractivity contribution in [2.24, 2.45) is 0 Å². The number of hydrogen-bond donors (Lipinski definition) is 0. The average Bonchev–Trinajstić information content (AvgIpc) is 3.21. The molecule has 0 aliphatic carbocycles. The van der Waals surface area contributed by atoms with Crippen LogP contribution in [0.5, 0.6) is 0 Å². The highest BCUT2D eigenvalue weighted by Crippen LogP contribution is 2.32. The van der Waals surface area contributed by atoms with Gasteiger partial charge in [0.05, 0.1) is 5.56 Å². The first kappa shape index (κ1) is 25.1. The molecule has 0 N–H and O–H groups in total. The molecular formula is C28H27F4N3O2. The van der Waals surface area contributed by atoms with E-state index in [0.717, 1.165) is 19.2 Å². The number of fused-ring (bicyclic) bond motifs is 3. The number of rotatable bonds is 5. The lowest BCUT2D eigenvalue weighted by Crippen LogP contribution is -2.48. The normalized spacial score (nSPS) is 15.0. The number of hydrogen-bond acceptors (Lipinski definition) is 3. The van der Waals surface area contributed by atoms with Gasteiger partial charge in [0, 0.05) is 61.1 Å². The largest absolute Gasteiger partial charge is 0.445 e. The molecule has 0 radical (unpaired) electrons. The predicted molar refractivity (Wildman–Crippen MR) is 134 cm³/mol. The summed E-state index contributed by atoms with van der Waals surface area (Å²) in [7, 11) is 0. The van der Waals surface area contributed by atoms with Crippen LogP contribution < -0.4 is 0 Å². The summed E-state index contributed by atoms with van der Waals surface area (Å²) in [6, 6.07) is 17.5. The van der Waals surface area contributed by atoms with Gasteiger partial charge in [-0.25, -0.2) is 9.18 Å². The predicted octanol–water partition coefficient (Wildman–Crippen LogP) is 6.43. The zero-order valence-corrected chi connectivity index (χ0v) is 20.4. The van der Waals surface area contributed by atoms with E-state index in [1.54, 1.807) is 4.90 Å². The van der Waals surface area contributed by atoms with Crippen LogP contribution in [0.2, 0.25) is 0 Å². The average molecular weight is 514 g/mol. The highest BCUT2D eigenvalue weighted by Gasteiger charge is 2.34. The maximum Gasteiger partial charge on any atom is 0.419 e. The smallest absolute Gasteiger partial charge is 0.419 e. The highest BCUT2D eigenvalue weighted by atomic mass is 19.4. The summed E-state index contributed by atoms with van der Waals surface area (Å²) in [5.41, 5.74) is 2.34. The molecule has 0 bridgehead atoms. The molecule has 0 atom stereocenters. The first-order valence-electron chi connectivity index (χ1n) is 12.2. The molecule has 4 aromatic rings. The number of aryl methyl sites for hydroxylation is 1. The van der Waals surface area contributed by atoms with Crippen LogP contribution in [-0.2, 0) is 30.6 Å². The van der Waals surface area contributed by atoms with Crippen LogP contribution in [0.3, 0.4) is 0 Å². The SMILES string of the molecule is CCn1c2ccccc2c2cc(CN3CCN(C(=O)OCc4ccc(F)c(C(F)(F)F)c4)CC3)ccc21. The Bertz CT molecular complexity index is 1440. The number of ether oxygens (including phenoxy) is 1. The number of halogens is 4. The van der Waals surface area contributed by atoms with Crippen molar-refractivity contribution in [2.45, 2.75) is 32.8 Å². The van der Waals surface area contributed by atoms with Crippen LogP contribution in [0, 0.1) is 5.82 Å². The van der Waals surface area contributed by atoms with E-state index in [2.05, 4.69) is 58.9 Å². The Morgan fingerprint density at radius 1 is 0.892 bits per heavy atom. The van der Waals surface area contributed by atoms with Crippen LogP contribution in [0.25, 0.3) is 21.8 Å². The third-order valence-corrected chi connectivity index (χ3v) is 6.89. The van der Waals surface area contributed by atoms with Crippen LogP contribution in [-0.4, -0.2) is 46.6 Å². The summed E-state index contributed by atoms with van der Waals surface area (Å²) in [5, 5.41) is 2.46. The van der Waals surface area contributed by atoms with Crippen molar-refractivity contribution < 1.29 is 27.1 Å². The van der Waals surface area contributed by atoms with Gasteiger partial charge in [-0.05, 0) is 48.4 Å². The Kier molecular flexibility index (Phi) is 6.81. The number of carbonyl (C=O) groups excluding carboxylic acids is 1. The lowest BCUT2D eigenvalue weighted by atomic mass is 10.1. The highest BCUT2D eigenvalue weighted by molar-refractivity contribution is 6.08. The molecular weight excluding hydrogens is 486 g/mol. The maximum absolute atomic E-state index is 13.5. The van der Waals surface area contributed by atoms with Crippen molar-refractivity contribution in [1.29, 1.82) is 0 Å². The fourth-order valence-corrected chi connectivity index (χ4v) is 5.00. The van der Waals surface area contributed by atoms with E-state index in [4.69, 9.17) is 4.74 Å². The number of amides is 1. The van der Waals surface area contributed by atoms with Gasteiger partial charge in [0.15, 0.2) is 0 Å². The molecule has 9 heteroatoms. The second-order valence-electron chi connectivity index (χ2n) is 9.24. The van der Waals surface area contributed by atoms with Crippen molar-refractivity contribution in [1.82, 2.24) is 14.4 Å². The van der Waals surface area contributed by atoms with Gasteiger partial charge in [0.2, 0.25) is 0 Å². The van der Waals surface area contributed by atoms with Crippen molar-refractivity contribution in [3.63, 3.8) is 0 Å². The molecule has 0 saturated carbocycles. The molecule has 1 aromatic heterocycles. The summed E-state index contributed by atoms with van der Waals surface area (Å²) in [6.07, 6.45) is -5.40. The van der Waals surface area contributed by atoms with E-state index in [0.29, 0.717) is 32.2 Å².